The molecule has 1 amide bonds. The zero-order chi connectivity index (χ0) is 17.1. The molecule has 0 unspecified atom stereocenters. The number of nitrogens with two attached hydrogens (primary N) is 1. The van der Waals surface area contributed by atoms with E-state index in [4.69, 9.17) is 11.1 Å². The summed E-state index contributed by atoms with van der Waals surface area (Å²) in [5.41, 5.74) is 8.12. The fraction of sp³-hybridized carbons (Fsp3) is 0.222. The normalized spacial score (nSPS) is 13.4. The maximum absolute atomic E-state index is 13.1. The molecule has 5 N–H and O–H groups in total. The molecule has 2 aromatic rings. The van der Waals surface area contributed by atoms with Crippen LogP contribution in [0.1, 0.15) is 28.8 Å². The Labute approximate surface area is 139 Å². The average molecular weight is 326 g/mol. The predicted molar refractivity (Wildman–Crippen MR) is 94.3 cm³/mol. The van der Waals surface area contributed by atoms with Gasteiger partial charge in [-0.05, 0) is 55.2 Å². The number of hydrogen-bond acceptors (Lipinski definition) is 4. The van der Waals surface area contributed by atoms with Gasteiger partial charge in [-0.2, -0.15) is 0 Å². The zero-order valence-corrected chi connectivity index (χ0v) is 13.1. The Morgan fingerprint density at radius 3 is 2.67 bits per heavy atom. The minimum Gasteiger partial charge on any atom is -0.397 e. The Balaban J connectivity index is 1.75. The highest BCUT2D eigenvalue weighted by Crippen LogP contribution is 2.29. The number of nitrogen functional groups attached to an aromatic ring is 1. The molecule has 3 rings (SSSR count). The number of halogens is 1. The molecule has 0 bridgehead atoms. The first-order valence-corrected chi connectivity index (χ1v) is 7.81. The van der Waals surface area contributed by atoms with Gasteiger partial charge in [-0.1, -0.05) is 0 Å². The van der Waals surface area contributed by atoms with Gasteiger partial charge in [0.05, 0.1) is 11.4 Å². The summed E-state index contributed by atoms with van der Waals surface area (Å²) in [5.74, 6) is -0.0964. The van der Waals surface area contributed by atoms with Crippen LogP contribution in [0.2, 0.25) is 0 Å². The van der Waals surface area contributed by atoms with Crippen LogP contribution in [0, 0.1) is 17.1 Å². The van der Waals surface area contributed by atoms with Crippen molar-refractivity contribution in [2.24, 2.45) is 5.92 Å². The highest BCUT2D eigenvalue weighted by molar-refractivity contribution is 6.07. The summed E-state index contributed by atoms with van der Waals surface area (Å²) in [4.78, 5) is 12.4. The van der Waals surface area contributed by atoms with Crippen molar-refractivity contribution in [2.75, 3.05) is 22.9 Å². The van der Waals surface area contributed by atoms with Crippen LogP contribution in [-0.4, -0.2) is 18.7 Å². The van der Waals surface area contributed by atoms with Gasteiger partial charge in [-0.3, -0.25) is 4.79 Å². The summed E-state index contributed by atoms with van der Waals surface area (Å²) in [6, 6.07) is 8.95. The summed E-state index contributed by atoms with van der Waals surface area (Å²) < 4.78 is 13.1. The lowest BCUT2D eigenvalue weighted by atomic mass is 10.1. The van der Waals surface area contributed by atoms with Gasteiger partial charge in [0, 0.05) is 29.6 Å². The van der Waals surface area contributed by atoms with Crippen LogP contribution in [-0.2, 0) is 0 Å². The van der Waals surface area contributed by atoms with E-state index in [1.807, 2.05) is 0 Å². The summed E-state index contributed by atoms with van der Waals surface area (Å²) in [7, 11) is 0. The number of nitrogens with one attached hydrogen (secondary N) is 3. The monoisotopic (exact) mass is 326 g/mol. The summed E-state index contributed by atoms with van der Waals surface area (Å²) in [6.45, 7) is 0.887. The summed E-state index contributed by atoms with van der Waals surface area (Å²) >= 11 is 0. The van der Waals surface area contributed by atoms with Crippen LogP contribution in [0.5, 0.6) is 0 Å². The molecule has 124 valence electrons. The highest BCUT2D eigenvalue weighted by Gasteiger charge is 2.21. The molecule has 0 heterocycles. The molecule has 0 radical (unpaired) electrons. The molecule has 0 aromatic heterocycles. The van der Waals surface area contributed by atoms with Gasteiger partial charge >= 0.3 is 0 Å². The highest BCUT2D eigenvalue weighted by atomic mass is 19.1. The first-order chi connectivity index (χ1) is 11.6. The summed E-state index contributed by atoms with van der Waals surface area (Å²) in [5, 5.41) is 13.5. The lowest BCUT2D eigenvalue weighted by Gasteiger charge is -2.12. The van der Waals surface area contributed by atoms with Crippen LogP contribution >= 0.6 is 0 Å². The van der Waals surface area contributed by atoms with E-state index in [2.05, 4.69) is 10.6 Å². The number of benzene rings is 2. The average Bonchev–Trinajstić information content (AvgIpc) is 3.39. The first kappa shape index (κ1) is 16.0. The summed E-state index contributed by atoms with van der Waals surface area (Å²) in [6.07, 6.45) is 3.71. The number of anilines is 3. The minimum absolute atomic E-state index is 0.165. The molecule has 1 saturated carbocycles. The molecule has 0 spiro atoms. The first-order valence-electron chi connectivity index (χ1n) is 7.81. The Morgan fingerprint density at radius 2 is 2.00 bits per heavy atom. The predicted octanol–water partition coefficient (Wildman–Crippen LogP) is 3.48. The number of carbonyl (C=O) groups excluding carboxylic acids is 1. The van der Waals surface area contributed by atoms with Crippen LogP contribution < -0.4 is 16.4 Å². The smallest absolute Gasteiger partial charge is 0.255 e. The maximum atomic E-state index is 13.1. The van der Waals surface area contributed by atoms with E-state index < -0.39 is 5.82 Å². The number of hydrogen-bond donors (Lipinski definition) is 4. The lowest BCUT2D eigenvalue weighted by Crippen LogP contribution is -2.14. The quantitative estimate of drug-likeness (QED) is 0.484. The third-order valence-electron chi connectivity index (χ3n) is 4.01. The Kier molecular flexibility index (Phi) is 4.46. The molecule has 0 atom stereocenters. The van der Waals surface area contributed by atoms with E-state index >= 15 is 0 Å². The maximum Gasteiger partial charge on any atom is 0.255 e. The number of amides is 1. The van der Waals surface area contributed by atoms with Gasteiger partial charge in [0.1, 0.15) is 5.82 Å². The van der Waals surface area contributed by atoms with Crippen molar-refractivity contribution >= 4 is 29.2 Å². The second-order valence-corrected chi connectivity index (χ2v) is 5.96. The van der Waals surface area contributed by atoms with Gasteiger partial charge < -0.3 is 21.8 Å². The molecule has 1 aliphatic carbocycles. The van der Waals surface area contributed by atoms with E-state index in [1.54, 1.807) is 18.2 Å². The van der Waals surface area contributed by atoms with Gasteiger partial charge in [-0.25, -0.2) is 4.39 Å². The third-order valence-corrected chi connectivity index (χ3v) is 4.01. The number of rotatable bonds is 6. The third kappa shape index (κ3) is 3.71. The standard InChI is InChI=1S/C18H19FN4O/c19-14-4-6-17(15(21)8-14)23-18(24)12-3-5-16(13(7-12)9-20)22-10-11-1-2-11/h3-9,11,20,22H,1-2,10,21H2,(H,23,24). The van der Waals surface area contributed by atoms with Gasteiger partial charge in [0.25, 0.3) is 5.91 Å². The molecular formula is C18H19FN4O. The van der Waals surface area contributed by atoms with E-state index in [0.29, 0.717) is 22.7 Å². The fourth-order valence-corrected chi connectivity index (χ4v) is 2.40. The molecule has 2 aromatic carbocycles. The molecule has 24 heavy (non-hydrogen) atoms. The van der Waals surface area contributed by atoms with Crippen LogP contribution in [0.15, 0.2) is 36.4 Å². The van der Waals surface area contributed by atoms with E-state index in [1.165, 1.54) is 31.2 Å². The molecule has 0 saturated heterocycles. The minimum atomic E-state index is -0.456. The molecule has 6 heteroatoms. The zero-order valence-electron chi connectivity index (χ0n) is 13.1. The topological polar surface area (TPSA) is 91.0 Å². The number of carbonyl (C=O) groups is 1. The second-order valence-electron chi connectivity index (χ2n) is 5.96. The van der Waals surface area contributed by atoms with E-state index in [0.717, 1.165) is 18.3 Å². The van der Waals surface area contributed by atoms with Crippen molar-refractivity contribution in [3.05, 3.63) is 53.3 Å². The van der Waals surface area contributed by atoms with Crippen LogP contribution in [0.25, 0.3) is 0 Å². The SMILES string of the molecule is N=Cc1cc(C(=O)Nc2ccc(F)cc2N)ccc1NCC1CC1. The Hall–Kier alpha value is -2.89. The molecule has 5 nitrogen and oxygen atoms in total. The van der Waals surface area contributed by atoms with Crippen molar-refractivity contribution in [3.63, 3.8) is 0 Å². The fourth-order valence-electron chi connectivity index (χ4n) is 2.40. The van der Waals surface area contributed by atoms with E-state index in [-0.39, 0.29) is 11.6 Å². The van der Waals surface area contributed by atoms with Crippen molar-refractivity contribution in [1.29, 1.82) is 5.41 Å². The van der Waals surface area contributed by atoms with Crippen molar-refractivity contribution in [1.82, 2.24) is 0 Å². The van der Waals surface area contributed by atoms with Gasteiger partial charge in [0.2, 0.25) is 0 Å². The van der Waals surface area contributed by atoms with E-state index in [9.17, 15) is 9.18 Å². The Bertz CT molecular complexity index is 787. The van der Waals surface area contributed by atoms with Crippen molar-refractivity contribution in [3.8, 4) is 0 Å². The van der Waals surface area contributed by atoms with Crippen LogP contribution in [0.4, 0.5) is 21.5 Å². The molecular weight excluding hydrogens is 307 g/mol. The van der Waals surface area contributed by atoms with Gasteiger partial charge in [-0.15, -0.1) is 0 Å². The molecule has 1 fully saturated rings. The molecule has 1 aliphatic rings. The second kappa shape index (κ2) is 6.70. The van der Waals surface area contributed by atoms with Crippen molar-refractivity contribution in [2.45, 2.75) is 12.8 Å². The van der Waals surface area contributed by atoms with Crippen LogP contribution in [0.3, 0.4) is 0 Å². The molecule has 0 aliphatic heterocycles. The Morgan fingerprint density at radius 1 is 1.25 bits per heavy atom. The van der Waals surface area contributed by atoms with Crippen molar-refractivity contribution < 1.29 is 9.18 Å². The van der Waals surface area contributed by atoms with Gasteiger partial charge in [0.15, 0.2) is 0 Å². The lowest BCUT2D eigenvalue weighted by molar-refractivity contribution is 0.102. The largest absolute Gasteiger partial charge is 0.397 e.